The number of benzene rings is 1. The Hall–Kier alpha value is -3.15. The van der Waals surface area contributed by atoms with Crippen molar-refractivity contribution in [2.45, 2.75) is 26.3 Å². The molecule has 140 valence electrons. The molecule has 27 heavy (non-hydrogen) atoms. The normalized spacial score (nSPS) is 12.6. The predicted octanol–water partition coefficient (Wildman–Crippen LogP) is 3.04. The van der Waals surface area contributed by atoms with Crippen LogP contribution in [0.15, 0.2) is 66.0 Å². The molecule has 2 heterocycles. The fourth-order valence-corrected chi connectivity index (χ4v) is 2.85. The van der Waals surface area contributed by atoms with E-state index < -0.39 is 0 Å². The Balaban J connectivity index is 1.54. The molecule has 6 nitrogen and oxygen atoms in total. The number of hydrogen-bond acceptors (Lipinski definition) is 3. The monoisotopic (exact) mass is 362 g/mol. The summed E-state index contributed by atoms with van der Waals surface area (Å²) in [4.78, 5) is 8.68. The molecular weight excluding hydrogens is 336 g/mol. The smallest absolute Gasteiger partial charge is 0.191 e. The van der Waals surface area contributed by atoms with Crippen molar-refractivity contribution >= 4 is 5.96 Å². The van der Waals surface area contributed by atoms with Gasteiger partial charge >= 0.3 is 0 Å². The Kier molecular flexibility index (Phi) is 6.20. The summed E-state index contributed by atoms with van der Waals surface area (Å²) in [5, 5.41) is 11.0. The number of rotatable bonds is 6. The number of guanidine groups is 1. The van der Waals surface area contributed by atoms with E-state index in [1.165, 1.54) is 11.1 Å². The first-order chi connectivity index (χ1) is 13.2. The van der Waals surface area contributed by atoms with Crippen LogP contribution in [0.1, 0.15) is 29.5 Å². The number of aromatic nitrogens is 3. The van der Waals surface area contributed by atoms with E-state index in [0.29, 0.717) is 12.5 Å². The molecule has 1 aromatic carbocycles. The van der Waals surface area contributed by atoms with E-state index in [0.717, 1.165) is 23.9 Å². The summed E-state index contributed by atoms with van der Waals surface area (Å²) in [6.07, 6.45) is 5.42. The minimum Gasteiger partial charge on any atom is -0.356 e. The maximum absolute atomic E-state index is 4.36. The summed E-state index contributed by atoms with van der Waals surface area (Å²) in [5.74, 6) is 1.98. The summed E-state index contributed by atoms with van der Waals surface area (Å²) < 4.78 is 1.75. The van der Waals surface area contributed by atoms with Crippen molar-refractivity contribution in [3.63, 3.8) is 0 Å². The second-order valence-electron chi connectivity index (χ2n) is 6.59. The summed E-state index contributed by atoms with van der Waals surface area (Å²) in [5.41, 5.74) is 3.73. The van der Waals surface area contributed by atoms with Crippen molar-refractivity contribution in [1.29, 1.82) is 0 Å². The van der Waals surface area contributed by atoms with Gasteiger partial charge < -0.3 is 10.6 Å². The lowest BCUT2D eigenvalue weighted by Crippen LogP contribution is -2.38. The molecule has 0 aliphatic carbocycles. The van der Waals surface area contributed by atoms with Crippen molar-refractivity contribution in [1.82, 2.24) is 25.4 Å². The number of hydrogen-bond donors (Lipinski definition) is 2. The highest BCUT2D eigenvalue weighted by atomic mass is 15.3. The summed E-state index contributed by atoms with van der Waals surface area (Å²) in [6.45, 7) is 5.82. The molecule has 0 fully saturated rings. The molecule has 0 aliphatic rings. The molecule has 0 bridgehead atoms. The molecule has 2 aromatic heterocycles. The molecule has 0 spiro atoms. The van der Waals surface area contributed by atoms with Crippen LogP contribution < -0.4 is 10.6 Å². The van der Waals surface area contributed by atoms with Gasteiger partial charge in [0.1, 0.15) is 0 Å². The second-order valence-corrected chi connectivity index (χ2v) is 6.59. The summed E-state index contributed by atoms with van der Waals surface area (Å²) >= 11 is 0. The van der Waals surface area contributed by atoms with E-state index in [9.17, 15) is 0 Å². The van der Waals surface area contributed by atoms with Crippen LogP contribution in [-0.2, 0) is 6.54 Å². The van der Waals surface area contributed by atoms with Crippen molar-refractivity contribution in [3.05, 3.63) is 77.7 Å². The van der Waals surface area contributed by atoms with Crippen molar-refractivity contribution in [2.75, 3.05) is 13.6 Å². The maximum atomic E-state index is 4.36. The SMILES string of the molecule is CN=C(NCc1ccnc(-n2cccn2)c1)NCC(C)c1cccc(C)c1. The lowest BCUT2D eigenvalue weighted by atomic mass is 9.99. The zero-order chi connectivity index (χ0) is 19.1. The van der Waals surface area contributed by atoms with Gasteiger partial charge in [0, 0.05) is 38.7 Å². The van der Waals surface area contributed by atoms with Crippen LogP contribution in [0, 0.1) is 6.92 Å². The van der Waals surface area contributed by atoms with Gasteiger partial charge in [-0.2, -0.15) is 5.10 Å². The fourth-order valence-electron chi connectivity index (χ4n) is 2.85. The van der Waals surface area contributed by atoms with E-state index in [1.807, 2.05) is 24.4 Å². The standard InChI is InChI=1S/C21H26N6/c1-16-6-4-7-19(12-16)17(2)14-24-21(22-3)25-15-18-8-10-23-20(13-18)27-11-5-9-26-27/h4-13,17H,14-15H2,1-3H3,(H2,22,24,25). The molecule has 3 rings (SSSR count). The van der Waals surface area contributed by atoms with Crippen molar-refractivity contribution in [2.24, 2.45) is 4.99 Å². The van der Waals surface area contributed by atoms with E-state index in [1.54, 1.807) is 24.1 Å². The quantitative estimate of drug-likeness (QED) is 0.522. The minimum absolute atomic E-state index is 0.399. The van der Waals surface area contributed by atoms with Gasteiger partial charge in [-0.15, -0.1) is 0 Å². The molecule has 2 N–H and O–H groups in total. The number of pyridine rings is 1. The molecule has 1 atom stereocenters. The third-order valence-electron chi connectivity index (χ3n) is 4.42. The van der Waals surface area contributed by atoms with Crippen LogP contribution in [0.2, 0.25) is 0 Å². The number of aryl methyl sites for hydroxylation is 1. The van der Waals surface area contributed by atoms with Gasteiger partial charge in [-0.3, -0.25) is 4.99 Å². The van der Waals surface area contributed by atoms with E-state index >= 15 is 0 Å². The maximum Gasteiger partial charge on any atom is 0.191 e. The average molecular weight is 362 g/mol. The minimum atomic E-state index is 0.399. The van der Waals surface area contributed by atoms with E-state index in [2.05, 4.69) is 63.8 Å². The van der Waals surface area contributed by atoms with E-state index in [4.69, 9.17) is 0 Å². The molecule has 0 saturated heterocycles. The molecule has 1 unspecified atom stereocenters. The van der Waals surface area contributed by atoms with Gasteiger partial charge in [-0.05, 0) is 42.2 Å². The zero-order valence-corrected chi connectivity index (χ0v) is 16.1. The second kappa shape index (κ2) is 8.98. The number of aliphatic imine (C=N–C) groups is 1. The van der Waals surface area contributed by atoms with Crippen molar-refractivity contribution in [3.8, 4) is 5.82 Å². The summed E-state index contributed by atoms with van der Waals surface area (Å²) in [7, 11) is 1.79. The Morgan fingerprint density at radius 1 is 1.15 bits per heavy atom. The molecule has 6 heteroatoms. The molecule has 0 aliphatic heterocycles. The highest BCUT2D eigenvalue weighted by molar-refractivity contribution is 5.79. The summed E-state index contributed by atoms with van der Waals surface area (Å²) in [6, 6.07) is 14.5. The third kappa shape index (κ3) is 5.17. The number of nitrogens with one attached hydrogen (secondary N) is 2. The predicted molar refractivity (Wildman–Crippen MR) is 109 cm³/mol. The van der Waals surface area contributed by atoms with Crippen molar-refractivity contribution < 1.29 is 0 Å². The first kappa shape index (κ1) is 18.6. The Morgan fingerprint density at radius 3 is 2.78 bits per heavy atom. The van der Waals surface area contributed by atoms with Gasteiger partial charge in [0.05, 0.1) is 0 Å². The largest absolute Gasteiger partial charge is 0.356 e. The van der Waals surface area contributed by atoms with Crippen LogP contribution in [-0.4, -0.2) is 34.3 Å². The third-order valence-corrected chi connectivity index (χ3v) is 4.42. The average Bonchev–Trinajstić information content (AvgIpc) is 3.23. The van der Waals surface area contributed by atoms with Crippen LogP contribution in [0.25, 0.3) is 5.82 Å². The molecular formula is C21H26N6. The highest BCUT2D eigenvalue weighted by Crippen LogP contribution is 2.15. The van der Waals surface area contributed by atoms with Gasteiger partial charge in [0.15, 0.2) is 11.8 Å². The van der Waals surface area contributed by atoms with Crippen LogP contribution >= 0.6 is 0 Å². The molecule has 0 radical (unpaired) electrons. The molecule has 0 saturated carbocycles. The Labute approximate surface area is 160 Å². The van der Waals surface area contributed by atoms with Gasteiger partial charge in [-0.25, -0.2) is 9.67 Å². The highest BCUT2D eigenvalue weighted by Gasteiger charge is 2.07. The number of nitrogens with zero attached hydrogens (tertiary/aromatic N) is 4. The first-order valence-corrected chi connectivity index (χ1v) is 9.11. The van der Waals surface area contributed by atoms with Gasteiger partial charge in [0.2, 0.25) is 0 Å². The topological polar surface area (TPSA) is 67.1 Å². The first-order valence-electron chi connectivity index (χ1n) is 9.11. The van der Waals surface area contributed by atoms with E-state index in [-0.39, 0.29) is 0 Å². The molecule has 3 aromatic rings. The van der Waals surface area contributed by atoms with Crippen LogP contribution in [0.5, 0.6) is 0 Å². The fraction of sp³-hybridized carbons (Fsp3) is 0.286. The Morgan fingerprint density at radius 2 is 2.04 bits per heavy atom. The molecule has 0 amide bonds. The van der Waals surface area contributed by atoms with Crippen LogP contribution in [0.3, 0.4) is 0 Å². The van der Waals surface area contributed by atoms with Gasteiger partial charge in [-0.1, -0.05) is 36.8 Å². The Bertz CT molecular complexity index is 885. The zero-order valence-electron chi connectivity index (χ0n) is 16.1. The lowest BCUT2D eigenvalue weighted by molar-refractivity contribution is 0.698. The van der Waals surface area contributed by atoms with Gasteiger partial charge in [0.25, 0.3) is 0 Å². The lowest BCUT2D eigenvalue weighted by Gasteiger charge is -2.17. The van der Waals surface area contributed by atoms with Crippen LogP contribution in [0.4, 0.5) is 0 Å².